The third kappa shape index (κ3) is 6.20. The molecule has 2 bridgehead atoms. The lowest BCUT2D eigenvalue weighted by molar-refractivity contribution is 0.123. The standard InChI is InChI=1S/C25H34ClN3O4S2/c1-18-5-11-24(12-6-18)35(32,33)27-20-15-21-9-10-22(16-20)28(21)13-4-14-29(34(3,30)31)23-8-7-19(2)25(26)17-23/h5-8,11-12,17,20-22,27H,4,9-10,13-16H2,1-3H3. The summed E-state index contributed by atoms with van der Waals surface area (Å²) < 4.78 is 55.0. The quantitative estimate of drug-likeness (QED) is 0.518. The zero-order chi connectivity index (χ0) is 25.4. The van der Waals surface area contributed by atoms with Crippen LogP contribution in [0.25, 0.3) is 0 Å². The zero-order valence-corrected chi connectivity index (χ0v) is 22.8. The average molecular weight is 540 g/mol. The van der Waals surface area contributed by atoms with Crippen molar-refractivity contribution in [2.75, 3.05) is 23.7 Å². The minimum Gasteiger partial charge on any atom is -0.297 e. The highest BCUT2D eigenvalue weighted by molar-refractivity contribution is 7.92. The van der Waals surface area contributed by atoms with E-state index in [-0.39, 0.29) is 6.04 Å². The zero-order valence-electron chi connectivity index (χ0n) is 20.4. The Labute approximate surface area is 214 Å². The second-order valence-electron chi connectivity index (χ2n) is 9.85. The molecule has 2 aliphatic rings. The van der Waals surface area contributed by atoms with Crippen LogP contribution in [0.4, 0.5) is 5.69 Å². The van der Waals surface area contributed by atoms with Crippen molar-refractivity contribution in [2.45, 2.75) is 69.0 Å². The number of rotatable bonds is 9. The Morgan fingerprint density at radius 2 is 1.63 bits per heavy atom. The summed E-state index contributed by atoms with van der Waals surface area (Å²) in [7, 11) is -6.99. The van der Waals surface area contributed by atoms with Crippen LogP contribution in [0.2, 0.25) is 5.02 Å². The van der Waals surface area contributed by atoms with E-state index in [4.69, 9.17) is 11.6 Å². The predicted molar refractivity (Wildman–Crippen MR) is 141 cm³/mol. The Kier molecular flexibility index (Phi) is 7.83. The molecule has 2 aromatic rings. The fourth-order valence-corrected chi connectivity index (χ4v) is 7.75. The number of hydrogen-bond donors (Lipinski definition) is 1. The van der Waals surface area contributed by atoms with Gasteiger partial charge in [0.2, 0.25) is 20.0 Å². The summed E-state index contributed by atoms with van der Waals surface area (Å²) in [6, 6.07) is 12.8. The molecule has 0 aromatic heterocycles. The fourth-order valence-electron chi connectivity index (χ4n) is 5.36. The number of nitrogens with one attached hydrogen (secondary N) is 1. The van der Waals surface area contributed by atoms with Gasteiger partial charge in [-0.05, 0) is 75.8 Å². The minimum absolute atomic E-state index is 0.0859. The van der Waals surface area contributed by atoms with Crippen molar-refractivity contribution in [1.29, 1.82) is 0 Å². The van der Waals surface area contributed by atoms with Gasteiger partial charge in [0.15, 0.2) is 0 Å². The molecule has 0 amide bonds. The number of aryl methyl sites for hydroxylation is 2. The van der Waals surface area contributed by atoms with Crippen LogP contribution in [-0.2, 0) is 20.0 Å². The van der Waals surface area contributed by atoms with Crippen LogP contribution in [0.15, 0.2) is 47.4 Å². The largest absolute Gasteiger partial charge is 0.297 e. The molecule has 10 heteroatoms. The maximum atomic E-state index is 12.9. The lowest BCUT2D eigenvalue weighted by Crippen LogP contribution is -2.50. The molecule has 7 nitrogen and oxygen atoms in total. The van der Waals surface area contributed by atoms with Crippen LogP contribution in [0, 0.1) is 13.8 Å². The van der Waals surface area contributed by atoms with E-state index in [9.17, 15) is 16.8 Å². The molecule has 192 valence electrons. The molecule has 2 saturated heterocycles. The first-order chi connectivity index (χ1) is 16.4. The number of fused-ring (bicyclic) bond motifs is 2. The Balaban J connectivity index is 1.36. The molecule has 1 N–H and O–H groups in total. The molecule has 2 aliphatic heterocycles. The molecule has 0 radical (unpaired) electrons. The van der Waals surface area contributed by atoms with Crippen molar-refractivity contribution in [3.63, 3.8) is 0 Å². The van der Waals surface area contributed by atoms with E-state index >= 15 is 0 Å². The summed E-state index contributed by atoms with van der Waals surface area (Å²) in [5.41, 5.74) is 2.51. The van der Waals surface area contributed by atoms with Crippen molar-refractivity contribution in [2.24, 2.45) is 0 Å². The number of benzene rings is 2. The predicted octanol–water partition coefficient (Wildman–Crippen LogP) is 4.09. The van der Waals surface area contributed by atoms with Crippen molar-refractivity contribution < 1.29 is 16.8 Å². The highest BCUT2D eigenvalue weighted by Crippen LogP contribution is 2.36. The summed E-state index contributed by atoms with van der Waals surface area (Å²) >= 11 is 6.24. The molecule has 2 fully saturated rings. The molecule has 0 aliphatic carbocycles. The van der Waals surface area contributed by atoms with Gasteiger partial charge in [-0.3, -0.25) is 9.21 Å². The van der Waals surface area contributed by atoms with E-state index in [0.717, 1.165) is 43.4 Å². The molecule has 2 aromatic carbocycles. The SMILES string of the molecule is Cc1ccc(S(=O)(=O)NC2CC3CCC(C2)N3CCCN(c2ccc(C)c(Cl)c2)S(C)(=O)=O)cc1. The van der Waals surface area contributed by atoms with Gasteiger partial charge >= 0.3 is 0 Å². The monoisotopic (exact) mass is 539 g/mol. The first-order valence-electron chi connectivity index (χ1n) is 12.0. The maximum Gasteiger partial charge on any atom is 0.240 e. The lowest BCUT2D eigenvalue weighted by atomic mass is 9.98. The van der Waals surface area contributed by atoms with Crippen molar-refractivity contribution >= 4 is 37.3 Å². The Hall–Kier alpha value is -1.65. The molecule has 2 atom stereocenters. The summed E-state index contributed by atoms with van der Waals surface area (Å²) in [5.74, 6) is 0. The van der Waals surface area contributed by atoms with E-state index in [1.54, 1.807) is 24.3 Å². The number of nitrogens with zero attached hydrogens (tertiary/aromatic N) is 2. The maximum absolute atomic E-state index is 12.9. The van der Waals surface area contributed by atoms with Gasteiger partial charge in [0, 0.05) is 36.2 Å². The van der Waals surface area contributed by atoms with Crippen LogP contribution in [-0.4, -0.2) is 59.2 Å². The van der Waals surface area contributed by atoms with Gasteiger partial charge in [-0.1, -0.05) is 35.4 Å². The van der Waals surface area contributed by atoms with E-state index in [1.807, 2.05) is 32.0 Å². The van der Waals surface area contributed by atoms with Crippen LogP contribution < -0.4 is 9.03 Å². The average Bonchev–Trinajstić information content (AvgIpc) is 3.00. The van der Waals surface area contributed by atoms with Gasteiger partial charge in [0.25, 0.3) is 0 Å². The van der Waals surface area contributed by atoms with E-state index < -0.39 is 20.0 Å². The summed E-state index contributed by atoms with van der Waals surface area (Å²) in [5, 5.41) is 0.546. The third-order valence-electron chi connectivity index (χ3n) is 7.16. The molecule has 4 rings (SSSR count). The number of anilines is 1. The highest BCUT2D eigenvalue weighted by Gasteiger charge is 2.41. The summed E-state index contributed by atoms with van der Waals surface area (Å²) in [4.78, 5) is 2.74. The van der Waals surface area contributed by atoms with Gasteiger partial charge in [-0.25, -0.2) is 21.6 Å². The van der Waals surface area contributed by atoms with Gasteiger partial charge in [-0.15, -0.1) is 0 Å². The molecule has 2 heterocycles. The molecule has 35 heavy (non-hydrogen) atoms. The van der Waals surface area contributed by atoms with Crippen molar-refractivity contribution in [1.82, 2.24) is 9.62 Å². The van der Waals surface area contributed by atoms with Crippen LogP contribution in [0.3, 0.4) is 0 Å². The smallest absolute Gasteiger partial charge is 0.240 e. The topological polar surface area (TPSA) is 86.8 Å². The number of piperidine rings is 1. The summed E-state index contributed by atoms with van der Waals surface area (Å²) in [6.07, 6.45) is 5.52. The molecular formula is C25H34ClN3O4S2. The number of hydrogen-bond acceptors (Lipinski definition) is 5. The van der Waals surface area contributed by atoms with Gasteiger partial charge in [0.1, 0.15) is 0 Å². The normalized spacial score (nSPS) is 22.9. The minimum atomic E-state index is -3.55. The molecule has 2 unspecified atom stereocenters. The van der Waals surface area contributed by atoms with Gasteiger partial charge in [-0.2, -0.15) is 0 Å². The van der Waals surface area contributed by atoms with Crippen LogP contribution in [0.1, 0.15) is 43.2 Å². The first kappa shape index (κ1) is 26.4. The van der Waals surface area contributed by atoms with E-state index in [1.165, 1.54) is 10.6 Å². The lowest BCUT2D eigenvalue weighted by Gasteiger charge is -2.39. The highest BCUT2D eigenvalue weighted by atomic mass is 35.5. The molecule has 0 spiro atoms. The second kappa shape index (κ2) is 10.4. The van der Waals surface area contributed by atoms with Crippen LogP contribution in [0.5, 0.6) is 0 Å². The third-order valence-corrected chi connectivity index (χ3v) is 10.3. The first-order valence-corrected chi connectivity index (χ1v) is 15.7. The van der Waals surface area contributed by atoms with Gasteiger partial charge < -0.3 is 0 Å². The Bertz CT molecular complexity index is 1250. The van der Waals surface area contributed by atoms with E-state index in [0.29, 0.717) is 40.7 Å². The fraction of sp³-hybridized carbons (Fsp3) is 0.520. The van der Waals surface area contributed by atoms with E-state index in [2.05, 4.69) is 9.62 Å². The number of sulfonamides is 2. The van der Waals surface area contributed by atoms with Crippen molar-refractivity contribution in [3.05, 3.63) is 58.6 Å². The molecule has 0 saturated carbocycles. The van der Waals surface area contributed by atoms with Gasteiger partial charge in [0.05, 0.1) is 16.8 Å². The number of halogens is 1. The molecular weight excluding hydrogens is 506 g/mol. The van der Waals surface area contributed by atoms with Crippen LogP contribution >= 0.6 is 11.6 Å². The Morgan fingerprint density at radius 3 is 2.20 bits per heavy atom. The Morgan fingerprint density at radius 1 is 1.00 bits per heavy atom. The summed E-state index contributed by atoms with van der Waals surface area (Å²) in [6.45, 7) is 4.97. The second-order valence-corrected chi connectivity index (χ2v) is 13.9. The van der Waals surface area contributed by atoms with Crippen molar-refractivity contribution in [3.8, 4) is 0 Å².